The van der Waals surface area contributed by atoms with Crippen molar-refractivity contribution in [2.45, 2.75) is 31.7 Å². The first-order chi connectivity index (χ1) is 8.40. The summed E-state index contributed by atoms with van der Waals surface area (Å²) in [5.41, 5.74) is 3.91. The van der Waals surface area contributed by atoms with Crippen molar-refractivity contribution in [3.63, 3.8) is 0 Å². The minimum absolute atomic E-state index is 0.0679. The number of pyridine rings is 1. The number of allylic oxidation sites excluding steroid dienone is 1. The van der Waals surface area contributed by atoms with Crippen LogP contribution >= 0.6 is 0 Å². The van der Waals surface area contributed by atoms with E-state index in [-0.39, 0.29) is 6.04 Å². The summed E-state index contributed by atoms with van der Waals surface area (Å²) in [7, 11) is 0. The lowest BCUT2D eigenvalue weighted by Crippen LogP contribution is -2.29. The molecule has 0 spiro atoms. The van der Waals surface area contributed by atoms with Crippen LogP contribution in [0.15, 0.2) is 30.1 Å². The van der Waals surface area contributed by atoms with E-state index in [0.29, 0.717) is 0 Å². The predicted molar refractivity (Wildman–Crippen MR) is 66.2 cm³/mol. The lowest BCUT2D eigenvalue weighted by molar-refractivity contribution is -0.110. The third-order valence-corrected chi connectivity index (χ3v) is 3.51. The van der Waals surface area contributed by atoms with E-state index in [1.54, 1.807) is 6.20 Å². The molecule has 1 aromatic rings. The third kappa shape index (κ3) is 1.97. The summed E-state index contributed by atoms with van der Waals surface area (Å²) in [6.07, 6.45) is 9.23. The van der Waals surface area contributed by atoms with Gasteiger partial charge in [-0.3, -0.25) is 4.98 Å². The van der Waals surface area contributed by atoms with Gasteiger partial charge in [-0.15, -0.1) is 0 Å². The minimum atomic E-state index is 0.0679. The Hall–Kier alpha value is -1.64. The predicted octanol–water partition coefficient (Wildman–Crippen LogP) is 2.25. The maximum atomic E-state index is 11.1. The quantitative estimate of drug-likeness (QED) is 0.744. The molecule has 2 aliphatic rings. The highest BCUT2D eigenvalue weighted by Crippen LogP contribution is 2.40. The molecular weight excluding hydrogens is 212 g/mol. The van der Waals surface area contributed by atoms with Crippen molar-refractivity contribution >= 4 is 12.0 Å². The second-order valence-electron chi connectivity index (χ2n) is 4.73. The van der Waals surface area contributed by atoms with Crippen LogP contribution in [0.3, 0.4) is 0 Å². The van der Waals surface area contributed by atoms with Gasteiger partial charge in [0.25, 0.3) is 0 Å². The summed E-state index contributed by atoms with van der Waals surface area (Å²) in [6, 6.07) is 4.12. The van der Waals surface area contributed by atoms with Crippen molar-refractivity contribution < 1.29 is 4.79 Å². The van der Waals surface area contributed by atoms with Gasteiger partial charge in [-0.05, 0) is 43.4 Å². The summed E-state index contributed by atoms with van der Waals surface area (Å²) in [5, 5.41) is 0. The topological polar surface area (TPSA) is 33.2 Å². The lowest BCUT2D eigenvalue weighted by atomic mass is 10.1. The van der Waals surface area contributed by atoms with Gasteiger partial charge < -0.3 is 9.69 Å². The van der Waals surface area contributed by atoms with Gasteiger partial charge in [0.05, 0.1) is 6.04 Å². The van der Waals surface area contributed by atoms with Crippen LogP contribution in [0.4, 0.5) is 0 Å². The molecule has 2 heterocycles. The van der Waals surface area contributed by atoms with E-state index in [1.165, 1.54) is 24.1 Å². The molecule has 0 N–H and O–H groups in total. The van der Waals surface area contributed by atoms with Gasteiger partial charge >= 0.3 is 0 Å². The number of aldehydes is 1. The molecule has 0 radical (unpaired) electrons. The largest absolute Gasteiger partial charge is 0.361 e. The normalized spacial score (nSPS) is 22.7. The summed E-state index contributed by atoms with van der Waals surface area (Å²) in [6.45, 7) is 0.997. The summed E-state index contributed by atoms with van der Waals surface area (Å²) < 4.78 is 0. The standard InChI is InChI=1S/C14H16N2O/c17-10-13-4-2-8-16(13)14(11-5-6-11)12-3-1-7-15-9-12/h1,3,7,9-10,13H,2,4-6,8H2. The molecule has 3 heteroatoms. The highest BCUT2D eigenvalue weighted by molar-refractivity contribution is 5.73. The molecule has 0 amide bonds. The fraction of sp³-hybridized carbons (Fsp3) is 0.429. The number of carbonyl (C=O) groups excluding carboxylic acids is 1. The highest BCUT2D eigenvalue weighted by atomic mass is 16.1. The van der Waals surface area contributed by atoms with Gasteiger partial charge in [-0.2, -0.15) is 0 Å². The summed E-state index contributed by atoms with van der Waals surface area (Å²) >= 11 is 0. The number of hydrogen-bond donors (Lipinski definition) is 0. The molecule has 1 aliphatic heterocycles. The number of likely N-dealkylation sites (tertiary alicyclic amines) is 1. The highest BCUT2D eigenvalue weighted by Gasteiger charge is 2.31. The maximum Gasteiger partial charge on any atom is 0.142 e. The van der Waals surface area contributed by atoms with E-state index in [2.05, 4.69) is 16.0 Å². The smallest absolute Gasteiger partial charge is 0.142 e. The molecule has 1 saturated carbocycles. The van der Waals surface area contributed by atoms with E-state index < -0.39 is 0 Å². The third-order valence-electron chi connectivity index (χ3n) is 3.51. The lowest BCUT2D eigenvalue weighted by Gasteiger charge is -2.26. The van der Waals surface area contributed by atoms with E-state index in [9.17, 15) is 4.79 Å². The van der Waals surface area contributed by atoms with Crippen LogP contribution < -0.4 is 0 Å². The van der Waals surface area contributed by atoms with Crippen LogP contribution in [0.2, 0.25) is 0 Å². The first-order valence-electron chi connectivity index (χ1n) is 6.24. The van der Waals surface area contributed by atoms with E-state index in [0.717, 1.165) is 31.2 Å². The minimum Gasteiger partial charge on any atom is -0.361 e. The number of carbonyl (C=O) groups is 1. The van der Waals surface area contributed by atoms with E-state index in [4.69, 9.17) is 0 Å². The average molecular weight is 228 g/mol. The fourth-order valence-electron chi connectivity index (χ4n) is 2.59. The Balaban J connectivity index is 1.98. The molecule has 2 fully saturated rings. The zero-order valence-corrected chi connectivity index (χ0v) is 9.80. The number of rotatable bonds is 3. The average Bonchev–Trinajstić information content (AvgIpc) is 3.09. The molecule has 3 nitrogen and oxygen atoms in total. The molecule has 0 aromatic carbocycles. The van der Waals surface area contributed by atoms with Crippen molar-refractivity contribution in [2.75, 3.05) is 6.54 Å². The first kappa shape index (κ1) is 10.5. The second kappa shape index (κ2) is 4.32. The Morgan fingerprint density at radius 2 is 2.35 bits per heavy atom. The van der Waals surface area contributed by atoms with Crippen LogP contribution in [-0.2, 0) is 4.79 Å². The van der Waals surface area contributed by atoms with E-state index >= 15 is 0 Å². The van der Waals surface area contributed by atoms with Crippen molar-refractivity contribution in [1.29, 1.82) is 0 Å². The Morgan fingerprint density at radius 1 is 1.47 bits per heavy atom. The van der Waals surface area contributed by atoms with Crippen LogP contribution in [0.25, 0.3) is 5.70 Å². The Morgan fingerprint density at radius 3 is 3.00 bits per heavy atom. The second-order valence-corrected chi connectivity index (χ2v) is 4.73. The van der Waals surface area contributed by atoms with Gasteiger partial charge in [-0.1, -0.05) is 0 Å². The summed E-state index contributed by atoms with van der Waals surface area (Å²) in [5.74, 6) is 0. The molecule has 1 aliphatic carbocycles. The zero-order valence-electron chi connectivity index (χ0n) is 9.80. The Labute approximate surface area is 101 Å². The van der Waals surface area contributed by atoms with Crippen molar-refractivity contribution in [3.8, 4) is 0 Å². The van der Waals surface area contributed by atoms with Crippen LogP contribution in [0.1, 0.15) is 31.2 Å². The van der Waals surface area contributed by atoms with Crippen LogP contribution in [0.5, 0.6) is 0 Å². The number of aromatic nitrogens is 1. The van der Waals surface area contributed by atoms with E-state index in [1.807, 2.05) is 12.3 Å². The number of nitrogens with zero attached hydrogens (tertiary/aromatic N) is 2. The zero-order chi connectivity index (χ0) is 11.7. The molecule has 0 bridgehead atoms. The molecular formula is C14H16N2O. The molecule has 1 atom stereocenters. The monoisotopic (exact) mass is 228 g/mol. The summed E-state index contributed by atoms with van der Waals surface area (Å²) in [4.78, 5) is 17.6. The fourth-order valence-corrected chi connectivity index (χ4v) is 2.59. The van der Waals surface area contributed by atoms with Crippen molar-refractivity contribution in [3.05, 3.63) is 35.7 Å². The molecule has 88 valence electrons. The van der Waals surface area contributed by atoms with Crippen molar-refractivity contribution in [2.24, 2.45) is 0 Å². The maximum absolute atomic E-state index is 11.1. The van der Waals surface area contributed by atoms with Crippen LogP contribution in [-0.4, -0.2) is 28.8 Å². The van der Waals surface area contributed by atoms with Crippen molar-refractivity contribution in [1.82, 2.24) is 9.88 Å². The molecule has 3 rings (SSSR count). The molecule has 1 unspecified atom stereocenters. The molecule has 1 aromatic heterocycles. The first-order valence-corrected chi connectivity index (χ1v) is 6.24. The van der Waals surface area contributed by atoms with Gasteiger partial charge in [0.1, 0.15) is 6.29 Å². The van der Waals surface area contributed by atoms with Gasteiger partial charge in [0.15, 0.2) is 0 Å². The Bertz CT molecular complexity index is 447. The molecule has 17 heavy (non-hydrogen) atoms. The van der Waals surface area contributed by atoms with Gasteiger partial charge in [0.2, 0.25) is 0 Å². The molecule has 1 saturated heterocycles. The SMILES string of the molecule is O=CC1CCCN1C(=C1CC1)c1cccnc1. The van der Waals surface area contributed by atoms with Gasteiger partial charge in [0, 0.05) is 30.2 Å². The van der Waals surface area contributed by atoms with Gasteiger partial charge in [-0.25, -0.2) is 0 Å². The number of hydrogen-bond acceptors (Lipinski definition) is 3. The Kier molecular flexibility index (Phi) is 2.67. The van der Waals surface area contributed by atoms with Crippen LogP contribution in [0, 0.1) is 0 Å².